The second-order valence-electron chi connectivity index (χ2n) is 4.87. The molecule has 0 saturated heterocycles. The van der Waals surface area contributed by atoms with Crippen LogP contribution in [0.15, 0.2) is 24.3 Å². The van der Waals surface area contributed by atoms with Crippen LogP contribution in [0.1, 0.15) is 30.1 Å². The molecule has 1 aromatic carbocycles. The van der Waals surface area contributed by atoms with E-state index in [1.165, 1.54) is 18.2 Å². The number of carbonyl (C=O) groups excluding carboxylic acids is 1. The highest BCUT2D eigenvalue weighted by Gasteiger charge is 2.53. The quantitative estimate of drug-likeness (QED) is 0.858. The molecular formula is C13H14F3NO2. The molecule has 1 aromatic rings. The van der Waals surface area contributed by atoms with E-state index in [-0.39, 0.29) is 11.7 Å². The lowest BCUT2D eigenvalue weighted by molar-refractivity contribution is -0.165. The van der Waals surface area contributed by atoms with Gasteiger partial charge in [-0.05, 0) is 31.9 Å². The average molecular weight is 273 g/mol. The van der Waals surface area contributed by atoms with Gasteiger partial charge in [-0.25, -0.2) is 0 Å². The zero-order valence-corrected chi connectivity index (χ0v) is 10.3. The van der Waals surface area contributed by atoms with Gasteiger partial charge in [-0.3, -0.25) is 4.79 Å². The molecule has 0 bridgehead atoms. The molecule has 1 saturated carbocycles. The van der Waals surface area contributed by atoms with Crippen LogP contribution in [-0.2, 0) is 0 Å². The van der Waals surface area contributed by atoms with Gasteiger partial charge in [0.25, 0.3) is 0 Å². The number of rotatable bonds is 4. The van der Waals surface area contributed by atoms with E-state index >= 15 is 0 Å². The monoisotopic (exact) mass is 273 g/mol. The normalized spacial score (nSPS) is 18.8. The van der Waals surface area contributed by atoms with Crippen LogP contribution in [0.4, 0.5) is 13.2 Å². The first-order valence-corrected chi connectivity index (χ1v) is 5.89. The molecule has 3 nitrogen and oxygen atoms in total. The van der Waals surface area contributed by atoms with E-state index in [0.29, 0.717) is 12.7 Å². The molecule has 2 N–H and O–H groups in total. The van der Waals surface area contributed by atoms with E-state index in [9.17, 15) is 18.0 Å². The molecule has 1 fully saturated rings. The Bertz CT molecular complexity index is 493. The first kappa shape index (κ1) is 13.9. The first-order chi connectivity index (χ1) is 8.72. The Kier molecular flexibility index (Phi) is 3.30. The fourth-order valence-electron chi connectivity index (χ4n) is 1.52. The van der Waals surface area contributed by atoms with Gasteiger partial charge in [0.2, 0.25) is 0 Å². The smallest absolute Gasteiger partial charge is 0.413 e. The summed E-state index contributed by atoms with van der Waals surface area (Å²) in [5.41, 5.74) is 2.12. The van der Waals surface area contributed by atoms with Crippen LogP contribution < -0.4 is 10.5 Å². The van der Waals surface area contributed by atoms with E-state index in [0.717, 1.165) is 12.8 Å². The van der Waals surface area contributed by atoms with Gasteiger partial charge >= 0.3 is 6.18 Å². The average Bonchev–Trinajstić information content (AvgIpc) is 3.10. The summed E-state index contributed by atoms with van der Waals surface area (Å²) >= 11 is 0. The molecule has 0 aromatic heterocycles. The maximum atomic E-state index is 12.7. The third-order valence-corrected chi connectivity index (χ3v) is 2.98. The molecule has 1 aliphatic carbocycles. The number of nitrogens with two attached hydrogens (primary N) is 1. The molecule has 1 unspecified atom stereocenters. The predicted molar refractivity (Wildman–Crippen MR) is 63.1 cm³/mol. The largest absolute Gasteiger partial charge is 0.490 e. The molecule has 1 atom stereocenters. The molecule has 0 aliphatic heterocycles. The van der Waals surface area contributed by atoms with Crippen molar-refractivity contribution in [3.63, 3.8) is 0 Å². The molecular weight excluding hydrogens is 259 g/mol. The Labute approximate surface area is 108 Å². The molecule has 1 aliphatic rings. The summed E-state index contributed by atoms with van der Waals surface area (Å²) in [6.07, 6.45) is -2.83. The minimum absolute atomic E-state index is 0.0968. The van der Waals surface area contributed by atoms with Gasteiger partial charge in [-0.2, -0.15) is 13.2 Å². The molecule has 2 rings (SSSR count). The van der Waals surface area contributed by atoms with E-state index in [2.05, 4.69) is 0 Å². The Hall–Kier alpha value is -1.56. The van der Waals surface area contributed by atoms with Gasteiger partial charge in [0, 0.05) is 5.56 Å². The van der Waals surface area contributed by atoms with Gasteiger partial charge in [0.05, 0.1) is 6.10 Å². The fourth-order valence-corrected chi connectivity index (χ4v) is 1.52. The number of hydrogen-bond donors (Lipinski definition) is 1. The number of ketones is 1. The number of alkyl halides is 3. The highest BCUT2D eigenvalue weighted by Crippen LogP contribution is 2.32. The molecule has 0 spiro atoms. The molecule has 0 radical (unpaired) electrons. The van der Waals surface area contributed by atoms with Crippen molar-refractivity contribution in [2.75, 3.05) is 0 Å². The lowest BCUT2D eigenvalue weighted by Crippen LogP contribution is -2.57. The van der Waals surface area contributed by atoms with E-state index in [1.54, 1.807) is 6.07 Å². The zero-order valence-electron chi connectivity index (χ0n) is 10.3. The number of carbonyl (C=O) groups is 1. The summed E-state index contributed by atoms with van der Waals surface area (Å²) in [7, 11) is 0. The molecule has 0 amide bonds. The summed E-state index contributed by atoms with van der Waals surface area (Å²) < 4.78 is 43.6. The molecule has 104 valence electrons. The SMILES string of the molecule is CC(N)(C(=O)c1cccc(OC2CC2)c1)C(F)(F)F. The van der Waals surface area contributed by atoms with Crippen LogP contribution in [0.5, 0.6) is 5.75 Å². The van der Waals surface area contributed by atoms with Gasteiger partial charge < -0.3 is 10.5 Å². The number of hydrogen-bond acceptors (Lipinski definition) is 3. The third-order valence-electron chi connectivity index (χ3n) is 2.98. The maximum absolute atomic E-state index is 12.7. The highest BCUT2D eigenvalue weighted by atomic mass is 19.4. The Morgan fingerprint density at radius 1 is 1.37 bits per heavy atom. The highest BCUT2D eigenvalue weighted by molar-refractivity contribution is 6.03. The summed E-state index contributed by atoms with van der Waals surface area (Å²) in [6.45, 7) is 0.670. The molecule has 6 heteroatoms. The number of halogens is 3. The lowest BCUT2D eigenvalue weighted by Gasteiger charge is -2.26. The fraction of sp³-hybridized carbons (Fsp3) is 0.462. The Balaban J connectivity index is 2.23. The van der Waals surface area contributed by atoms with Gasteiger partial charge in [-0.15, -0.1) is 0 Å². The summed E-state index contributed by atoms with van der Waals surface area (Å²) in [6, 6.07) is 5.70. The van der Waals surface area contributed by atoms with Crippen LogP contribution in [0.25, 0.3) is 0 Å². The van der Waals surface area contributed by atoms with Crippen molar-refractivity contribution in [1.82, 2.24) is 0 Å². The standard InChI is InChI=1S/C13H14F3NO2/c1-12(17,13(14,15)16)11(18)8-3-2-4-10(7-8)19-9-5-6-9/h2-4,7,9H,5-6,17H2,1H3. The van der Waals surface area contributed by atoms with E-state index < -0.39 is 17.5 Å². The van der Waals surface area contributed by atoms with Crippen LogP contribution >= 0.6 is 0 Å². The maximum Gasteiger partial charge on any atom is 0.413 e. The zero-order chi connectivity index (χ0) is 14.3. The number of Topliss-reactive ketones (excluding diaryl/α,β-unsaturated/α-hetero) is 1. The minimum Gasteiger partial charge on any atom is -0.490 e. The Morgan fingerprint density at radius 2 is 2.00 bits per heavy atom. The molecule has 19 heavy (non-hydrogen) atoms. The number of ether oxygens (including phenoxy) is 1. The third kappa shape index (κ3) is 2.89. The van der Waals surface area contributed by atoms with Crippen LogP contribution in [0, 0.1) is 0 Å². The van der Waals surface area contributed by atoms with Crippen LogP contribution in [-0.4, -0.2) is 23.6 Å². The summed E-state index contributed by atoms with van der Waals surface area (Å²) in [4.78, 5) is 11.9. The minimum atomic E-state index is -4.79. The van der Waals surface area contributed by atoms with Crippen molar-refractivity contribution >= 4 is 5.78 Å². The van der Waals surface area contributed by atoms with Crippen LogP contribution in [0.3, 0.4) is 0 Å². The van der Waals surface area contributed by atoms with Crippen molar-refractivity contribution < 1.29 is 22.7 Å². The summed E-state index contributed by atoms with van der Waals surface area (Å²) in [5, 5.41) is 0. The number of benzene rings is 1. The van der Waals surface area contributed by atoms with Crippen molar-refractivity contribution in [3.8, 4) is 5.75 Å². The van der Waals surface area contributed by atoms with Gasteiger partial charge in [-0.1, -0.05) is 12.1 Å². The lowest BCUT2D eigenvalue weighted by atomic mass is 9.91. The van der Waals surface area contributed by atoms with Gasteiger partial charge in [0.1, 0.15) is 5.75 Å². The van der Waals surface area contributed by atoms with Crippen molar-refractivity contribution in [3.05, 3.63) is 29.8 Å². The molecule has 0 heterocycles. The first-order valence-electron chi connectivity index (χ1n) is 5.89. The van der Waals surface area contributed by atoms with Crippen molar-refractivity contribution in [2.45, 2.75) is 37.6 Å². The topological polar surface area (TPSA) is 52.3 Å². The van der Waals surface area contributed by atoms with E-state index in [1.807, 2.05) is 0 Å². The second-order valence-corrected chi connectivity index (χ2v) is 4.87. The summed E-state index contributed by atoms with van der Waals surface area (Å²) in [5.74, 6) is -0.771. The van der Waals surface area contributed by atoms with E-state index in [4.69, 9.17) is 10.5 Å². The predicted octanol–water partition coefficient (Wildman–Crippen LogP) is 2.69. The van der Waals surface area contributed by atoms with Crippen molar-refractivity contribution in [1.29, 1.82) is 0 Å². The van der Waals surface area contributed by atoms with Crippen molar-refractivity contribution in [2.24, 2.45) is 5.73 Å². The second kappa shape index (κ2) is 4.52. The Morgan fingerprint density at radius 3 is 2.53 bits per heavy atom. The van der Waals surface area contributed by atoms with Crippen LogP contribution in [0.2, 0.25) is 0 Å². The van der Waals surface area contributed by atoms with Gasteiger partial charge in [0.15, 0.2) is 11.3 Å².